The third-order valence-electron chi connectivity index (χ3n) is 4.12. The Morgan fingerprint density at radius 2 is 1.76 bits per heavy atom. The maximum Gasteiger partial charge on any atom is 0.298 e. The number of rotatable bonds is 2. The van der Waals surface area contributed by atoms with Crippen molar-refractivity contribution in [2.75, 3.05) is 0 Å². The van der Waals surface area contributed by atoms with Crippen molar-refractivity contribution in [3.63, 3.8) is 0 Å². The SMILES string of the molecule is Cc1cc(C)cc(-n2ccn3cc(-c4cccc(Cl)c4)nc3c2=O)c1. The molecule has 2 heterocycles. The number of aromatic nitrogens is 3. The quantitative estimate of drug-likeness (QED) is 0.537. The Bertz CT molecular complexity index is 1140. The molecule has 0 saturated carbocycles. The topological polar surface area (TPSA) is 39.3 Å². The maximum atomic E-state index is 12.9. The van der Waals surface area contributed by atoms with E-state index in [1.54, 1.807) is 15.2 Å². The smallest absolute Gasteiger partial charge is 0.298 e. The molecular weight excluding hydrogens is 334 g/mol. The van der Waals surface area contributed by atoms with Gasteiger partial charge in [-0.25, -0.2) is 4.98 Å². The minimum absolute atomic E-state index is 0.152. The number of benzene rings is 2. The van der Waals surface area contributed by atoms with E-state index in [9.17, 15) is 4.79 Å². The summed E-state index contributed by atoms with van der Waals surface area (Å²) in [6.45, 7) is 4.04. The predicted octanol–water partition coefficient (Wildman–Crippen LogP) is 4.42. The number of fused-ring (bicyclic) bond motifs is 1. The van der Waals surface area contributed by atoms with E-state index in [-0.39, 0.29) is 5.56 Å². The Kier molecular flexibility index (Phi) is 3.70. The molecule has 4 aromatic rings. The fourth-order valence-electron chi connectivity index (χ4n) is 3.06. The number of nitrogens with zero attached hydrogens (tertiary/aromatic N) is 3. The van der Waals surface area contributed by atoms with Crippen molar-refractivity contribution < 1.29 is 0 Å². The van der Waals surface area contributed by atoms with Gasteiger partial charge in [0.05, 0.1) is 5.69 Å². The summed E-state index contributed by atoms with van der Waals surface area (Å²) in [5, 5.41) is 0.641. The molecular formula is C20H16ClN3O. The predicted molar refractivity (Wildman–Crippen MR) is 101 cm³/mol. The lowest BCUT2D eigenvalue weighted by molar-refractivity contribution is 0.946. The zero-order valence-corrected chi connectivity index (χ0v) is 14.7. The van der Waals surface area contributed by atoms with E-state index in [1.165, 1.54) is 0 Å². The van der Waals surface area contributed by atoms with Crippen LogP contribution in [0.4, 0.5) is 0 Å². The van der Waals surface area contributed by atoms with Gasteiger partial charge in [0.2, 0.25) is 5.65 Å². The summed E-state index contributed by atoms with van der Waals surface area (Å²) in [6, 6.07) is 13.5. The molecule has 5 heteroatoms. The van der Waals surface area contributed by atoms with Crippen LogP contribution in [-0.2, 0) is 0 Å². The molecule has 0 unspecified atom stereocenters. The Balaban J connectivity index is 1.90. The van der Waals surface area contributed by atoms with E-state index >= 15 is 0 Å². The van der Waals surface area contributed by atoms with Crippen molar-refractivity contribution >= 4 is 17.2 Å². The number of imidazole rings is 1. The molecule has 0 fully saturated rings. The molecule has 4 nitrogen and oxygen atoms in total. The van der Waals surface area contributed by atoms with Crippen LogP contribution < -0.4 is 5.56 Å². The van der Waals surface area contributed by atoms with Crippen molar-refractivity contribution in [3.05, 3.63) is 87.6 Å². The van der Waals surface area contributed by atoms with Crippen LogP contribution in [0.25, 0.3) is 22.6 Å². The largest absolute Gasteiger partial charge is 0.300 e. The van der Waals surface area contributed by atoms with Gasteiger partial charge in [0.15, 0.2) is 0 Å². The molecule has 2 aromatic carbocycles. The van der Waals surface area contributed by atoms with Crippen LogP contribution in [0.3, 0.4) is 0 Å². The molecule has 0 spiro atoms. The summed E-state index contributed by atoms with van der Waals surface area (Å²) < 4.78 is 3.38. The average molecular weight is 350 g/mol. The maximum absolute atomic E-state index is 12.9. The number of hydrogen-bond donors (Lipinski definition) is 0. The number of halogens is 1. The van der Waals surface area contributed by atoms with Gasteiger partial charge >= 0.3 is 0 Å². The lowest BCUT2D eigenvalue weighted by Crippen LogP contribution is -2.20. The van der Waals surface area contributed by atoms with Gasteiger partial charge in [-0.1, -0.05) is 29.8 Å². The molecule has 0 aliphatic heterocycles. The summed E-state index contributed by atoms with van der Waals surface area (Å²) in [4.78, 5) is 17.4. The molecule has 4 rings (SSSR count). The molecule has 0 amide bonds. The highest BCUT2D eigenvalue weighted by Crippen LogP contribution is 2.22. The number of hydrogen-bond acceptors (Lipinski definition) is 2. The Labute approximate surface area is 150 Å². The van der Waals surface area contributed by atoms with Gasteiger partial charge in [-0.3, -0.25) is 9.36 Å². The van der Waals surface area contributed by atoms with Gasteiger partial charge in [-0.05, 0) is 49.2 Å². The third-order valence-corrected chi connectivity index (χ3v) is 4.36. The highest BCUT2D eigenvalue weighted by molar-refractivity contribution is 6.30. The van der Waals surface area contributed by atoms with Crippen LogP contribution in [0.2, 0.25) is 5.02 Å². The van der Waals surface area contributed by atoms with E-state index in [0.717, 1.165) is 28.1 Å². The van der Waals surface area contributed by atoms with Gasteiger partial charge in [-0.2, -0.15) is 0 Å². The van der Waals surface area contributed by atoms with E-state index in [4.69, 9.17) is 11.6 Å². The van der Waals surface area contributed by atoms with Gasteiger partial charge in [-0.15, -0.1) is 0 Å². The Hall–Kier alpha value is -2.85. The average Bonchev–Trinajstić information content (AvgIpc) is 2.99. The van der Waals surface area contributed by atoms with Crippen LogP contribution in [0, 0.1) is 13.8 Å². The molecule has 2 aromatic heterocycles. The van der Waals surface area contributed by atoms with Crippen LogP contribution in [-0.4, -0.2) is 14.0 Å². The van der Waals surface area contributed by atoms with Crippen LogP contribution in [0.15, 0.2) is 65.8 Å². The minimum atomic E-state index is -0.152. The standard InChI is InChI=1S/C20H16ClN3O/c1-13-8-14(2)10-17(9-13)24-7-6-23-12-18(22-19(23)20(24)25)15-4-3-5-16(21)11-15/h3-12H,1-2H3. The second-order valence-corrected chi connectivity index (χ2v) is 6.62. The lowest BCUT2D eigenvalue weighted by Gasteiger charge is -2.08. The highest BCUT2D eigenvalue weighted by atomic mass is 35.5. The van der Waals surface area contributed by atoms with Crippen LogP contribution in [0.1, 0.15) is 11.1 Å². The summed E-state index contributed by atoms with van der Waals surface area (Å²) in [5.74, 6) is 0. The second kappa shape index (κ2) is 5.90. The molecule has 0 atom stereocenters. The van der Waals surface area contributed by atoms with E-state index in [0.29, 0.717) is 10.7 Å². The summed E-state index contributed by atoms with van der Waals surface area (Å²) in [5.41, 5.74) is 4.91. The third kappa shape index (κ3) is 2.85. The molecule has 0 bridgehead atoms. The van der Waals surface area contributed by atoms with Crippen molar-refractivity contribution in [3.8, 4) is 16.9 Å². The molecule has 0 aliphatic rings. The molecule has 25 heavy (non-hydrogen) atoms. The Morgan fingerprint density at radius 3 is 2.48 bits per heavy atom. The highest BCUT2D eigenvalue weighted by Gasteiger charge is 2.11. The van der Waals surface area contributed by atoms with Crippen molar-refractivity contribution in [2.45, 2.75) is 13.8 Å². The molecule has 0 N–H and O–H groups in total. The van der Waals surface area contributed by atoms with Gasteiger partial charge in [0.1, 0.15) is 0 Å². The number of aryl methyl sites for hydroxylation is 2. The zero-order chi connectivity index (χ0) is 17.6. The van der Waals surface area contributed by atoms with E-state index in [1.807, 2.05) is 62.6 Å². The monoisotopic (exact) mass is 349 g/mol. The first-order valence-electron chi connectivity index (χ1n) is 7.96. The fourth-order valence-corrected chi connectivity index (χ4v) is 3.25. The first-order valence-corrected chi connectivity index (χ1v) is 8.34. The van der Waals surface area contributed by atoms with Gasteiger partial charge in [0, 0.05) is 34.9 Å². The normalized spacial score (nSPS) is 11.2. The summed E-state index contributed by atoms with van der Waals surface area (Å²) >= 11 is 6.06. The van der Waals surface area contributed by atoms with Crippen LogP contribution >= 0.6 is 11.6 Å². The van der Waals surface area contributed by atoms with E-state index in [2.05, 4.69) is 11.1 Å². The first-order chi connectivity index (χ1) is 12.0. The van der Waals surface area contributed by atoms with Crippen molar-refractivity contribution in [1.82, 2.24) is 14.0 Å². The molecule has 124 valence electrons. The first kappa shape index (κ1) is 15.7. The van der Waals surface area contributed by atoms with Gasteiger partial charge < -0.3 is 4.40 Å². The van der Waals surface area contributed by atoms with Crippen molar-refractivity contribution in [2.24, 2.45) is 0 Å². The van der Waals surface area contributed by atoms with Gasteiger partial charge in [0.25, 0.3) is 5.56 Å². The lowest BCUT2D eigenvalue weighted by atomic mass is 10.1. The fraction of sp³-hybridized carbons (Fsp3) is 0.100. The Morgan fingerprint density at radius 1 is 1.00 bits per heavy atom. The summed E-state index contributed by atoms with van der Waals surface area (Å²) in [6.07, 6.45) is 5.46. The zero-order valence-electron chi connectivity index (χ0n) is 13.9. The minimum Gasteiger partial charge on any atom is -0.300 e. The van der Waals surface area contributed by atoms with E-state index < -0.39 is 0 Å². The van der Waals surface area contributed by atoms with Crippen LogP contribution in [0.5, 0.6) is 0 Å². The molecule has 0 radical (unpaired) electrons. The van der Waals surface area contributed by atoms with Crippen molar-refractivity contribution in [1.29, 1.82) is 0 Å². The molecule has 0 aliphatic carbocycles. The second-order valence-electron chi connectivity index (χ2n) is 6.19. The molecule has 0 saturated heterocycles. The summed E-state index contributed by atoms with van der Waals surface area (Å²) in [7, 11) is 0.